The van der Waals surface area contributed by atoms with Gasteiger partial charge in [-0.3, -0.25) is 9.59 Å². The van der Waals surface area contributed by atoms with Crippen molar-refractivity contribution in [3.05, 3.63) is 75.7 Å². The number of thioether (sulfide) groups is 1. The first-order chi connectivity index (χ1) is 14.6. The van der Waals surface area contributed by atoms with Gasteiger partial charge < -0.3 is 9.88 Å². The van der Waals surface area contributed by atoms with E-state index in [2.05, 4.69) is 15.1 Å². The molecule has 0 unspecified atom stereocenters. The van der Waals surface area contributed by atoms with Crippen molar-refractivity contribution in [1.29, 1.82) is 0 Å². The Labute approximate surface area is 180 Å². The normalized spacial score (nSPS) is 13.0. The summed E-state index contributed by atoms with van der Waals surface area (Å²) in [5.41, 5.74) is 3.02. The first kappa shape index (κ1) is 18.9. The summed E-state index contributed by atoms with van der Waals surface area (Å²) in [5, 5.41) is 5.66. The van der Waals surface area contributed by atoms with E-state index in [1.165, 1.54) is 23.5 Å². The highest BCUT2D eigenvalue weighted by atomic mass is 35.5. The molecule has 2 aromatic carbocycles. The van der Waals surface area contributed by atoms with E-state index < -0.39 is 0 Å². The fourth-order valence-electron chi connectivity index (χ4n) is 3.54. The van der Waals surface area contributed by atoms with E-state index in [0.717, 1.165) is 17.8 Å². The van der Waals surface area contributed by atoms with Crippen molar-refractivity contribution in [3.63, 3.8) is 0 Å². The highest BCUT2D eigenvalue weighted by Crippen LogP contribution is 2.28. The highest BCUT2D eigenvalue weighted by molar-refractivity contribution is 7.99. The van der Waals surface area contributed by atoms with Crippen LogP contribution < -0.4 is 10.5 Å². The second-order valence-electron chi connectivity index (χ2n) is 6.85. The van der Waals surface area contributed by atoms with Crippen LogP contribution >= 0.6 is 23.4 Å². The van der Waals surface area contributed by atoms with E-state index in [1.807, 2.05) is 24.3 Å². The van der Waals surface area contributed by atoms with Gasteiger partial charge in [-0.1, -0.05) is 41.6 Å². The molecule has 9 heteroatoms. The van der Waals surface area contributed by atoms with Crippen LogP contribution in [0, 0.1) is 0 Å². The fourth-order valence-corrected chi connectivity index (χ4v) is 4.40. The number of para-hydroxylation sites is 1. The maximum atomic E-state index is 12.8. The molecular weight excluding hydrogens is 422 g/mol. The lowest BCUT2D eigenvalue weighted by atomic mass is 10.2. The molecule has 30 heavy (non-hydrogen) atoms. The number of H-pyrrole nitrogens is 1. The number of benzene rings is 2. The Balaban J connectivity index is 1.40. The second kappa shape index (κ2) is 7.62. The van der Waals surface area contributed by atoms with Gasteiger partial charge in [0.25, 0.3) is 5.56 Å². The number of anilines is 1. The molecule has 1 N–H and O–H groups in total. The van der Waals surface area contributed by atoms with Crippen LogP contribution in [0.25, 0.3) is 16.7 Å². The molecule has 0 aliphatic carbocycles. The standard InChI is InChI=1S/C21H16ClN5O2S/c22-14-5-7-15(8-6-14)27-19-16(11-23-27)20(29)25-21(24-19)30-12-18(28)26-10-9-13-3-1-2-4-17(13)26/h1-8,11H,9-10,12H2,(H,24,25,29). The number of amides is 1. The summed E-state index contributed by atoms with van der Waals surface area (Å²) >= 11 is 7.17. The van der Waals surface area contributed by atoms with Gasteiger partial charge in [-0.25, -0.2) is 9.67 Å². The first-order valence-corrected chi connectivity index (χ1v) is 10.7. The van der Waals surface area contributed by atoms with E-state index >= 15 is 0 Å². The summed E-state index contributed by atoms with van der Waals surface area (Å²) in [7, 11) is 0. The molecule has 1 amide bonds. The minimum absolute atomic E-state index is 0.0149. The summed E-state index contributed by atoms with van der Waals surface area (Å²) < 4.78 is 1.59. The van der Waals surface area contributed by atoms with Gasteiger partial charge in [-0.2, -0.15) is 5.10 Å². The number of nitrogens with zero attached hydrogens (tertiary/aromatic N) is 4. The molecule has 1 aliphatic heterocycles. The molecule has 0 saturated heterocycles. The fraction of sp³-hybridized carbons (Fsp3) is 0.143. The number of halogens is 1. The van der Waals surface area contributed by atoms with E-state index in [9.17, 15) is 9.59 Å². The highest BCUT2D eigenvalue weighted by Gasteiger charge is 2.24. The van der Waals surface area contributed by atoms with Crippen LogP contribution in [-0.2, 0) is 11.2 Å². The maximum Gasteiger partial charge on any atom is 0.262 e. The number of carbonyl (C=O) groups excluding carboxylic acids is 1. The first-order valence-electron chi connectivity index (χ1n) is 9.35. The predicted octanol–water partition coefficient (Wildman–Crippen LogP) is 3.44. The smallest absolute Gasteiger partial charge is 0.262 e. The van der Waals surface area contributed by atoms with Gasteiger partial charge in [-0.05, 0) is 42.3 Å². The number of hydrogen-bond donors (Lipinski definition) is 1. The summed E-state index contributed by atoms with van der Waals surface area (Å²) in [4.78, 5) is 34.3. The van der Waals surface area contributed by atoms with E-state index in [0.29, 0.717) is 27.8 Å². The Morgan fingerprint density at radius 1 is 1.17 bits per heavy atom. The SMILES string of the molecule is O=C(CSc1nc2c(cnn2-c2ccc(Cl)cc2)c(=O)[nH]1)N1CCc2ccccc21. The second-order valence-corrected chi connectivity index (χ2v) is 8.25. The third-order valence-corrected chi connectivity index (χ3v) is 6.12. The molecule has 0 bridgehead atoms. The lowest BCUT2D eigenvalue weighted by Crippen LogP contribution is -2.30. The molecule has 0 radical (unpaired) electrons. The summed E-state index contributed by atoms with van der Waals surface area (Å²) in [6.45, 7) is 0.672. The number of aromatic nitrogens is 4. The van der Waals surface area contributed by atoms with Crippen molar-refractivity contribution in [2.75, 3.05) is 17.2 Å². The zero-order chi connectivity index (χ0) is 20.7. The monoisotopic (exact) mass is 437 g/mol. The summed E-state index contributed by atoms with van der Waals surface area (Å²) in [6, 6.07) is 15.0. The lowest BCUT2D eigenvalue weighted by molar-refractivity contribution is -0.116. The van der Waals surface area contributed by atoms with Crippen molar-refractivity contribution in [2.45, 2.75) is 11.6 Å². The number of nitrogens with one attached hydrogen (secondary N) is 1. The largest absolute Gasteiger partial charge is 0.311 e. The van der Waals surface area contributed by atoms with Gasteiger partial charge >= 0.3 is 0 Å². The lowest BCUT2D eigenvalue weighted by Gasteiger charge is -2.16. The zero-order valence-electron chi connectivity index (χ0n) is 15.7. The van der Waals surface area contributed by atoms with Gasteiger partial charge in [-0.15, -0.1) is 0 Å². The van der Waals surface area contributed by atoms with Gasteiger partial charge in [0.1, 0.15) is 5.39 Å². The van der Waals surface area contributed by atoms with Gasteiger partial charge in [0.15, 0.2) is 10.8 Å². The molecule has 4 aromatic rings. The topological polar surface area (TPSA) is 83.9 Å². The van der Waals surface area contributed by atoms with Crippen LogP contribution in [0.1, 0.15) is 5.56 Å². The molecule has 5 rings (SSSR count). The molecule has 150 valence electrons. The zero-order valence-corrected chi connectivity index (χ0v) is 17.3. The molecule has 1 aliphatic rings. The Hall–Kier alpha value is -3.10. The molecule has 0 atom stereocenters. The van der Waals surface area contributed by atoms with Crippen molar-refractivity contribution in [1.82, 2.24) is 19.7 Å². The minimum Gasteiger partial charge on any atom is -0.311 e. The van der Waals surface area contributed by atoms with E-state index in [1.54, 1.807) is 33.8 Å². The van der Waals surface area contributed by atoms with E-state index in [-0.39, 0.29) is 17.2 Å². The molecule has 0 spiro atoms. The van der Waals surface area contributed by atoms with Gasteiger partial charge in [0, 0.05) is 17.3 Å². The van der Waals surface area contributed by atoms with Crippen LogP contribution in [0.2, 0.25) is 5.02 Å². The Morgan fingerprint density at radius 2 is 1.97 bits per heavy atom. The molecule has 2 aromatic heterocycles. The van der Waals surface area contributed by atoms with Crippen molar-refractivity contribution >= 4 is 46.0 Å². The van der Waals surface area contributed by atoms with Crippen molar-refractivity contribution in [3.8, 4) is 5.69 Å². The van der Waals surface area contributed by atoms with Crippen LogP contribution in [0.5, 0.6) is 0 Å². The molecule has 0 fully saturated rings. The predicted molar refractivity (Wildman–Crippen MR) is 118 cm³/mol. The van der Waals surface area contributed by atoms with E-state index in [4.69, 9.17) is 11.6 Å². The van der Waals surface area contributed by atoms with Crippen LogP contribution in [0.15, 0.2) is 64.7 Å². The average Bonchev–Trinajstić information content (AvgIpc) is 3.37. The Kier molecular flexibility index (Phi) is 4.80. The third kappa shape index (κ3) is 3.38. The summed E-state index contributed by atoms with van der Waals surface area (Å²) in [6.07, 6.45) is 2.34. The van der Waals surface area contributed by atoms with Gasteiger partial charge in [0.05, 0.1) is 17.6 Å². The minimum atomic E-state index is -0.290. The number of hydrogen-bond acceptors (Lipinski definition) is 5. The van der Waals surface area contributed by atoms with Crippen LogP contribution in [-0.4, -0.2) is 38.0 Å². The number of fused-ring (bicyclic) bond motifs is 2. The quantitative estimate of drug-likeness (QED) is 0.390. The molecular formula is C21H16ClN5O2S. The summed E-state index contributed by atoms with van der Waals surface area (Å²) in [5.74, 6) is 0.164. The Bertz CT molecular complexity index is 1320. The molecule has 3 heterocycles. The molecule has 7 nitrogen and oxygen atoms in total. The average molecular weight is 438 g/mol. The third-order valence-electron chi connectivity index (χ3n) is 5.01. The number of carbonyl (C=O) groups is 1. The maximum absolute atomic E-state index is 12.8. The van der Waals surface area contributed by atoms with Crippen LogP contribution in [0.4, 0.5) is 5.69 Å². The van der Waals surface area contributed by atoms with Crippen LogP contribution in [0.3, 0.4) is 0 Å². The van der Waals surface area contributed by atoms with Gasteiger partial charge in [0.2, 0.25) is 5.91 Å². The number of rotatable bonds is 4. The van der Waals surface area contributed by atoms with Crippen molar-refractivity contribution < 1.29 is 4.79 Å². The van der Waals surface area contributed by atoms with Crippen molar-refractivity contribution in [2.24, 2.45) is 0 Å². The molecule has 0 saturated carbocycles. The number of aromatic amines is 1. The Morgan fingerprint density at radius 3 is 2.80 bits per heavy atom.